The van der Waals surface area contributed by atoms with Crippen LogP contribution in [0.4, 0.5) is 5.69 Å². The molecule has 0 aliphatic carbocycles. The minimum absolute atomic E-state index is 0.0121. The average Bonchev–Trinajstić information content (AvgIpc) is 3.17. The van der Waals surface area contributed by atoms with Crippen LogP contribution < -0.4 is 5.32 Å². The zero-order valence-corrected chi connectivity index (χ0v) is 15.4. The Morgan fingerprint density at radius 3 is 2.36 bits per heavy atom. The Balaban J connectivity index is 1.52. The number of hydrogen-bond donors (Lipinski definition) is 1. The summed E-state index contributed by atoms with van der Waals surface area (Å²) in [7, 11) is 0. The SMILES string of the molecule is Cc1ccc(NC(=O)[C@@H](C)N2CCN(C(=O)c3cccs3)CC2)cc1. The van der Waals surface area contributed by atoms with Gasteiger partial charge in [0.15, 0.2) is 0 Å². The maximum Gasteiger partial charge on any atom is 0.264 e. The van der Waals surface area contributed by atoms with Gasteiger partial charge in [-0.05, 0) is 37.4 Å². The van der Waals surface area contributed by atoms with E-state index in [1.54, 1.807) is 0 Å². The van der Waals surface area contributed by atoms with E-state index >= 15 is 0 Å². The molecule has 1 aliphatic heterocycles. The minimum Gasteiger partial charge on any atom is -0.335 e. The normalized spacial score (nSPS) is 16.5. The minimum atomic E-state index is -0.222. The van der Waals surface area contributed by atoms with Crippen molar-refractivity contribution in [2.75, 3.05) is 31.5 Å². The number of thiophene rings is 1. The van der Waals surface area contributed by atoms with Crippen LogP contribution in [0.25, 0.3) is 0 Å². The lowest BCUT2D eigenvalue weighted by molar-refractivity contribution is -0.121. The Hall–Kier alpha value is -2.18. The molecule has 1 N–H and O–H groups in total. The molecule has 0 spiro atoms. The van der Waals surface area contributed by atoms with E-state index in [-0.39, 0.29) is 17.9 Å². The van der Waals surface area contributed by atoms with E-state index in [0.29, 0.717) is 26.2 Å². The fraction of sp³-hybridized carbons (Fsp3) is 0.368. The Morgan fingerprint density at radius 1 is 1.08 bits per heavy atom. The Morgan fingerprint density at radius 2 is 1.76 bits per heavy atom. The molecule has 0 saturated carbocycles. The summed E-state index contributed by atoms with van der Waals surface area (Å²) < 4.78 is 0. The molecule has 2 heterocycles. The van der Waals surface area contributed by atoms with Crippen molar-refractivity contribution in [3.05, 3.63) is 52.2 Å². The van der Waals surface area contributed by atoms with Gasteiger partial charge < -0.3 is 10.2 Å². The molecule has 1 aliphatic rings. The highest BCUT2D eigenvalue weighted by Crippen LogP contribution is 2.16. The molecule has 6 heteroatoms. The molecule has 1 fully saturated rings. The Kier molecular flexibility index (Phi) is 5.50. The second-order valence-electron chi connectivity index (χ2n) is 6.34. The third-order valence-corrected chi connectivity index (χ3v) is 5.44. The van der Waals surface area contributed by atoms with E-state index in [2.05, 4.69) is 10.2 Å². The van der Waals surface area contributed by atoms with Crippen LogP contribution in [-0.4, -0.2) is 53.8 Å². The summed E-state index contributed by atoms with van der Waals surface area (Å²) in [5, 5.41) is 4.88. The predicted octanol–water partition coefficient (Wildman–Crippen LogP) is 2.84. The maximum atomic E-state index is 12.5. The number of nitrogens with zero attached hydrogens (tertiary/aromatic N) is 2. The molecule has 5 nitrogen and oxygen atoms in total. The van der Waals surface area contributed by atoms with E-state index in [0.717, 1.165) is 16.1 Å². The fourth-order valence-corrected chi connectivity index (χ4v) is 3.61. The van der Waals surface area contributed by atoms with Crippen LogP contribution >= 0.6 is 11.3 Å². The number of carbonyl (C=O) groups is 2. The number of benzene rings is 1. The summed E-state index contributed by atoms with van der Waals surface area (Å²) in [4.78, 5) is 29.6. The molecule has 1 aromatic heterocycles. The number of aryl methyl sites for hydroxylation is 1. The second-order valence-corrected chi connectivity index (χ2v) is 7.28. The van der Waals surface area contributed by atoms with E-state index in [1.807, 2.05) is 60.5 Å². The van der Waals surface area contributed by atoms with Gasteiger partial charge in [-0.15, -0.1) is 11.3 Å². The van der Waals surface area contributed by atoms with E-state index in [4.69, 9.17) is 0 Å². The summed E-state index contributed by atoms with van der Waals surface area (Å²) in [5.41, 5.74) is 1.98. The van der Waals surface area contributed by atoms with Crippen molar-refractivity contribution >= 4 is 28.8 Å². The molecular formula is C19H23N3O2S. The first-order valence-electron chi connectivity index (χ1n) is 8.49. The van der Waals surface area contributed by atoms with Crippen molar-refractivity contribution < 1.29 is 9.59 Å². The van der Waals surface area contributed by atoms with Gasteiger partial charge in [-0.25, -0.2) is 0 Å². The Bertz CT molecular complexity index is 720. The molecule has 2 amide bonds. The van der Waals surface area contributed by atoms with Crippen LogP contribution in [0.5, 0.6) is 0 Å². The molecule has 1 aromatic carbocycles. The standard InChI is InChI=1S/C19H23N3O2S/c1-14-5-7-16(8-6-14)20-18(23)15(2)21-9-11-22(12-10-21)19(24)17-4-3-13-25-17/h3-8,13,15H,9-12H2,1-2H3,(H,20,23)/t15-/m1/s1. The highest BCUT2D eigenvalue weighted by atomic mass is 32.1. The van der Waals surface area contributed by atoms with Crippen LogP contribution in [0.2, 0.25) is 0 Å². The van der Waals surface area contributed by atoms with Crippen molar-refractivity contribution in [1.29, 1.82) is 0 Å². The maximum absolute atomic E-state index is 12.5. The lowest BCUT2D eigenvalue weighted by Crippen LogP contribution is -2.53. The lowest BCUT2D eigenvalue weighted by atomic mass is 10.2. The summed E-state index contributed by atoms with van der Waals surface area (Å²) in [6.45, 7) is 6.66. The van der Waals surface area contributed by atoms with Crippen molar-refractivity contribution in [2.24, 2.45) is 0 Å². The number of piperazine rings is 1. The number of hydrogen-bond acceptors (Lipinski definition) is 4. The molecule has 132 valence electrons. The van der Waals surface area contributed by atoms with Crippen molar-refractivity contribution in [3.8, 4) is 0 Å². The number of amides is 2. The third kappa shape index (κ3) is 4.27. The smallest absolute Gasteiger partial charge is 0.264 e. The molecule has 1 atom stereocenters. The van der Waals surface area contributed by atoms with Crippen LogP contribution in [0.3, 0.4) is 0 Å². The molecule has 2 aromatic rings. The monoisotopic (exact) mass is 357 g/mol. The Labute approximate surface area is 152 Å². The predicted molar refractivity (Wildman–Crippen MR) is 101 cm³/mol. The second kappa shape index (κ2) is 7.80. The van der Waals surface area contributed by atoms with Crippen LogP contribution in [0, 0.1) is 6.92 Å². The molecule has 0 bridgehead atoms. The van der Waals surface area contributed by atoms with Crippen molar-refractivity contribution in [2.45, 2.75) is 19.9 Å². The molecule has 3 rings (SSSR count). The zero-order valence-electron chi connectivity index (χ0n) is 14.6. The van der Waals surface area contributed by atoms with Gasteiger partial charge in [-0.2, -0.15) is 0 Å². The van der Waals surface area contributed by atoms with Gasteiger partial charge in [-0.3, -0.25) is 14.5 Å². The van der Waals surface area contributed by atoms with E-state index in [9.17, 15) is 9.59 Å². The van der Waals surface area contributed by atoms with Gasteiger partial charge in [0.2, 0.25) is 5.91 Å². The number of anilines is 1. The topological polar surface area (TPSA) is 52.7 Å². The van der Waals surface area contributed by atoms with Crippen molar-refractivity contribution in [3.63, 3.8) is 0 Å². The fourth-order valence-electron chi connectivity index (χ4n) is 2.92. The highest BCUT2D eigenvalue weighted by Gasteiger charge is 2.28. The van der Waals surface area contributed by atoms with Gasteiger partial charge in [0.05, 0.1) is 10.9 Å². The van der Waals surface area contributed by atoms with Gasteiger partial charge in [-0.1, -0.05) is 23.8 Å². The molecule has 0 radical (unpaired) electrons. The summed E-state index contributed by atoms with van der Waals surface area (Å²) >= 11 is 1.47. The van der Waals surface area contributed by atoms with E-state index in [1.165, 1.54) is 11.3 Å². The first-order valence-corrected chi connectivity index (χ1v) is 9.37. The largest absolute Gasteiger partial charge is 0.335 e. The first kappa shape index (κ1) is 17.6. The van der Waals surface area contributed by atoms with E-state index < -0.39 is 0 Å². The summed E-state index contributed by atoms with van der Waals surface area (Å²) in [5.74, 6) is 0.0771. The summed E-state index contributed by atoms with van der Waals surface area (Å²) in [6.07, 6.45) is 0. The van der Waals surface area contributed by atoms with Crippen LogP contribution in [0.1, 0.15) is 22.2 Å². The number of carbonyl (C=O) groups excluding carboxylic acids is 2. The molecular weight excluding hydrogens is 334 g/mol. The zero-order chi connectivity index (χ0) is 17.8. The van der Waals surface area contributed by atoms with Gasteiger partial charge in [0, 0.05) is 31.9 Å². The summed E-state index contributed by atoms with van der Waals surface area (Å²) in [6, 6.07) is 11.3. The van der Waals surface area contributed by atoms with Crippen molar-refractivity contribution in [1.82, 2.24) is 9.80 Å². The quantitative estimate of drug-likeness (QED) is 0.915. The average molecular weight is 357 g/mol. The third-order valence-electron chi connectivity index (χ3n) is 4.58. The lowest BCUT2D eigenvalue weighted by Gasteiger charge is -2.37. The highest BCUT2D eigenvalue weighted by molar-refractivity contribution is 7.12. The first-order chi connectivity index (χ1) is 12.0. The van der Waals surface area contributed by atoms with Gasteiger partial charge >= 0.3 is 0 Å². The van der Waals surface area contributed by atoms with Gasteiger partial charge in [0.1, 0.15) is 0 Å². The van der Waals surface area contributed by atoms with Crippen LogP contribution in [0.15, 0.2) is 41.8 Å². The molecule has 1 saturated heterocycles. The van der Waals surface area contributed by atoms with Crippen LogP contribution in [-0.2, 0) is 4.79 Å². The van der Waals surface area contributed by atoms with Gasteiger partial charge in [0.25, 0.3) is 5.91 Å². The number of nitrogens with one attached hydrogen (secondary N) is 1. The molecule has 25 heavy (non-hydrogen) atoms. The number of rotatable bonds is 4. The molecule has 0 unspecified atom stereocenters.